The summed E-state index contributed by atoms with van der Waals surface area (Å²) in [5.74, 6) is 2.33. The van der Waals surface area contributed by atoms with Crippen LogP contribution >= 0.6 is 11.8 Å². The Bertz CT molecular complexity index is 312. The van der Waals surface area contributed by atoms with Crippen molar-refractivity contribution in [2.45, 2.75) is 52.1 Å². The molecule has 0 radical (unpaired) electrons. The molecule has 0 aliphatic carbocycles. The predicted molar refractivity (Wildman–Crippen MR) is 79.0 cm³/mol. The molecule has 18 heavy (non-hydrogen) atoms. The molecule has 1 N–H and O–H groups in total. The second-order valence-corrected chi connectivity index (χ2v) is 5.78. The molecule has 0 saturated heterocycles. The van der Waals surface area contributed by atoms with E-state index in [1.807, 2.05) is 16.4 Å². The molecule has 5 heteroatoms. The molecule has 0 saturated carbocycles. The van der Waals surface area contributed by atoms with Gasteiger partial charge in [-0.15, -0.1) is 0 Å². The van der Waals surface area contributed by atoms with Crippen LogP contribution in [0, 0.1) is 0 Å². The number of hydrogen-bond acceptors (Lipinski definition) is 4. The molecule has 0 atom stereocenters. The van der Waals surface area contributed by atoms with Gasteiger partial charge in [0.2, 0.25) is 0 Å². The quantitative estimate of drug-likeness (QED) is 0.664. The van der Waals surface area contributed by atoms with Crippen molar-refractivity contribution in [1.29, 1.82) is 0 Å². The summed E-state index contributed by atoms with van der Waals surface area (Å²) in [4.78, 5) is 4.28. The van der Waals surface area contributed by atoms with E-state index >= 15 is 0 Å². The molecule has 0 bridgehead atoms. The first-order valence-corrected chi connectivity index (χ1v) is 8.23. The molecule has 0 spiro atoms. The molecule has 0 aliphatic rings. The molecule has 104 valence electrons. The Hall–Kier alpha value is -0.550. The maximum atomic E-state index is 4.28. The minimum atomic E-state index is 0.385. The van der Waals surface area contributed by atoms with Crippen LogP contribution in [0.3, 0.4) is 0 Å². The van der Waals surface area contributed by atoms with E-state index < -0.39 is 0 Å². The molecule has 0 fully saturated rings. The second kappa shape index (κ2) is 9.39. The molecule has 1 heterocycles. The number of nitrogens with one attached hydrogen (secondary N) is 1. The Balaban J connectivity index is 2.05. The van der Waals surface area contributed by atoms with Crippen LogP contribution in [0.4, 0.5) is 0 Å². The van der Waals surface area contributed by atoms with Crippen molar-refractivity contribution in [3.63, 3.8) is 0 Å². The fourth-order valence-corrected chi connectivity index (χ4v) is 2.37. The standard InChI is InChI=1S/C13H26N4S/c1-12(2)17-13(15-11-16-17)10-14-8-6-4-5-7-9-18-3/h11-12,14H,4-10H2,1-3H3. The van der Waals surface area contributed by atoms with Crippen molar-refractivity contribution in [3.05, 3.63) is 12.2 Å². The van der Waals surface area contributed by atoms with E-state index in [2.05, 4.69) is 35.5 Å². The molecule has 1 aromatic heterocycles. The lowest BCUT2D eigenvalue weighted by Crippen LogP contribution is -2.19. The maximum Gasteiger partial charge on any atom is 0.141 e. The zero-order valence-electron chi connectivity index (χ0n) is 11.9. The van der Waals surface area contributed by atoms with E-state index in [0.717, 1.165) is 18.9 Å². The molecule has 1 aromatic rings. The Morgan fingerprint density at radius 3 is 2.78 bits per heavy atom. The van der Waals surface area contributed by atoms with Crippen LogP contribution in [0.15, 0.2) is 6.33 Å². The van der Waals surface area contributed by atoms with Crippen molar-refractivity contribution in [3.8, 4) is 0 Å². The van der Waals surface area contributed by atoms with Crippen molar-refractivity contribution in [2.75, 3.05) is 18.6 Å². The predicted octanol–water partition coefficient (Wildman–Crippen LogP) is 2.87. The van der Waals surface area contributed by atoms with Gasteiger partial charge in [-0.25, -0.2) is 9.67 Å². The lowest BCUT2D eigenvalue weighted by molar-refractivity contribution is 0.486. The molecule has 0 amide bonds. The zero-order chi connectivity index (χ0) is 13.2. The number of nitrogens with zero attached hydrogens (tertiary/aromatic N) is 3. The minimum Gasteiger partial charge on any atom is -0.310 e. The lowest BCUT2D eigenvalue weighted by Gasteiger charge is -2.09. The zero-order valence-corrected chi connectivity index (χ0v) is 12.7. The third-order valence-electron chi connectivity index (χ3n) is 2.87. The summed E-state index contributed by atoms with van der Waals surface area (Å²) in [6, 6.07) is 0.385. The highest BCUT2D eigenvalue weighted by Crippen LogP contribution is 2.06. The second-order valence-electron chi connectivity index (χ2n) is 4.80. The molecular formula is C13H26N4S. The highest BCUT2D eigenvalue weighted by molar-refractivity contribution is 7.98. The van der Waals surface area contributed by atoms with E-state index in [1.54, 1.807) is 6.33 Å². The average Bonchev–Trinajstić information content (AvgIpc) is 2.81. The first-order valence-electron chi connectivity index (χ1n) is 6.83. The number of aromatic nitrogens is 3. The third kappa shape index (κ3) is 5.87. The fraction of sp³-hybridized carbons (Fsp3) is 0.846. The summed E-state index contributed by atoms with van der Waals surface area (Å²) in [7, 11) is 0. The minimum absolute atomic E-state index is 0.385. The monoisotopic (exact) mass is 270 g/mol. The summed E-state index contributed by atoms with van der Waals surface area (Å²) >= 11 is 1.94. The van der Waals surface area contributed by atoms with E-state index in [-0.39, 0.29) is 0 Å². The van der Waals surface area contributed by atoms with Crippen LogP contribution in [-0.2, 0) is 6.54 Å². The summed E-state index contributed by atoms with van der Waals surface area (Å²) in [6.45, 7) is 6.15. The van der Waals surface area contributed by atoms with Crippen LogP contribution in [0.1, 0.15) is 51.4 Å². The van der Waals surface area contributed by atoms with Gasteiger partial charge in [-0.1, -0.05) is 12.8 Å². The summed E-state index contributed by atoms with van der Waals surface area (Å²) in [5, 5.41) is 7.67. The van der Waals surface area contributed by atoms with Crippen LogP contribution in [0.5, 0.6) is 0 Å². The van der Waals surface area contributed by atoms with Crippen molar-refractivity contribution < 1.29 is 0 Å². The lowest BCUT2D eigenvalue weighted by atomic mass is 10.2. The molecule has 1 rings (SSSR count). The van der Waals surface area contributed by atoms with Gasteiger partial charge in [-0.05, 0) is 45.2 Å². The first-order chi connectivity index (χ1) is 8.75. The Labute approximate surface area is 115 Å². The molecule has 0 unspecified atom stereocenters. The SMILES string of the molecule is CSCCCCCCNCc1ncnn1C(C)C. The van der Waals surface area contributed by atoms with Gasteiger partial charge >= 0.3 is 0 Å². The van der Waals surface area contributed by atoms with Gasteiger partial charge in [0.1, 0.15) is 12.2 Å². The van der Waals surface area contributed by atoms with Crippen LogP contribution in [-0.4, -0.2) is 33.3 Å². The molecule has 0 aromatic carbocycles. The summed E-state index contributed by atoms with van der Waals surface area (Å²) in [6.07, 6.45) is 9.09. The van der Waals surface area contributed by atoms with Crippen LogP contribution in [0.2, 0.25) is 0 Å². The van der Waals surface area contributed by atoms with Crippen molar-refractivity contribution in [1.82, 2.24) is 20.1 Å². The normalized spacial score (nSPS) is 11.3. The molecule has 4 nitrogen and oxygen atoms in total. The van der Waals surface area contributed by atoms with Gasteiger partial charge in [0.15, 0.2) is 0 Å². The largest absolute Gasteiger partial charge is 0.310 e. The van der Waals surface area contributed by atoms with Gasteiger partial charge in [0.25, 0.3) is 0 Å². The van der Waals surface area contributed by atoms with Gasteiger partial charge in [0, 0.05) is 6.04 Å². The smallest absolute Gasteiger partial charge is 0.141 e. The number of thioether (sulfide) groups is 1. The first kappa shape index (κ1) is 15.5. The molecule has 0 aliphatic heterocycles. The number of rotatable bonds is 10. The highest BCUT2D eigenvalue weighted by Gasteiger charge is 2.06. The van der Waals surface area contributed by atoms with E-state index in [1.165, 1.54) is 31.4 Å². The third-order valence-corrected chi connectivity index (χ3v) is 3.57. The van der Waals surface area contributed by atoms with Crippen LogP contribution < -0.4 is 5.32 Å². The van der Waals surface area contributed by atoms with Gasteiger partial charge in [0.05, 0.1) is 6.54 Å². The Morgan fingerprint density at radius 2 is 2.06 bits per heavy atom. The van der Waals surface area contributed by atoms with Crippen molar-refractivity contribution in [2.24, 2.45) is 0 Å². The van der Waals surface area contributed by atoms with E-state index in [9.17, 15) is 0 Å². The Morgan fingerprint density at radius 1 is 1.28 bits per heavy atom. The number of hydrogen-bond donors (Lipinski definition) is 1. The highest BCUT2D eigenvalue weighted by atomic mass is 32.2. The summed E-state index contributed by atoms with van der Waals surface area (Å²) in [5.41, 5.74) is 0. The summed E-state index contributed by atoms with van der Waals surface area (Å²) < 4.78 is 1.98. The van der Waals surface area contributed by atoms with Crippen LogP contribution in [0.25, 0.3) is 0 Å². The van der Waals surface area contributed by atoms with Crippen molar-refractivity contribution >= 4 is 11.8 Å². The fourth-order valence-electron chi connectivity index (χ4n) is 1.88. The number of unbranched alkanes of at least 4 members (excludes halogenated alkanes) is 3. The van der Waals surface area contributed by atoms with Gasteiger partial charge < -0.3 is 5.32 Å². The topological polar surface area (TPSA) is 42.7 Å². The van der Waals surface area contributed by atoms with Gasteiger partial charge in [-0.3, -0.25) is 0 Å². The van der Waals surface area contributed by atoms with Gasteiger partial charge in [-0.2, -0.15) is 16.9 Å². The van der Waals surface area contributed by atoms with E-state index in [4.69, 9.17) is 0 Å². The molecular weight excluding hydrogens is 244 g/mol. The average molecular weight is 270 g/mol. The maximum absolute atomic E-state index is 4.28. The van der Waals surface area contributed by atoms with E-state index in [0.29, 0.717) is 6.04 Å². The Kier molecular flexibility index (Phi) is 8.09.